The summed E-state index contributed by atoms with van der Waals surface area (Å²) in [4.78, 5) is 25.9. The van der Waals surface area contributed by atoms with Gasteiger partial charge in [0.25, 0.3) is 0 Å². The predicted molar refractivity (Wildman–Crippen MR) is 182 cm³/mol. The molecule has 47 heavy (non-hydrogen) atoms. The number of hydrogen-bond donors (Lipinski definition) is 4. The van der Waals surface area contributed by atoms with Crippen LogP contribution in [-0.4, -0.2) is 46.7 Å². The molecule has 0 aliphatic carbocycles. The first kappa shape index (κ1) is 34.2. The number of aliphatic hydroxyl groups excluding tert-OH is 1. The van der Waals surface area contributed by atoms with E-state index in [-0.39, 0.29) is 37.2 Å². The van der Waals surface area contributed by atoms with Crippen LogP contribution in [0.1, 0.15) is 86.1 Å². The van der Waals surface area contributed by atoms with Crippen LogP contribution in [0.3, 0.4) is 0 Å². The normalized spacial score (nSPS) is 18.6. The van der Waals surface area contributed by atoms with E-state index in [9.17, 15) is 14.7 Å². The zero-order valence-corrected chi connectivity index (χ0v) is 27.1. The predicted octanol–water partition coefficient (Wildman–Crippen LogP) is 6.96. The van der Waals surface area contributed by atoms with Gasteiger partial charge in [-0.15, -0.1) is 0 Å². The van der Waals surface area contributed by atoms with E-state index >= 15 is 0 Å². The highest BCUT2D eigenvalue weighted by Gasteiger charge is 2.33. The van der Waals surface area contributed by atoms with E-state index in [1.165, 1.54) is 16.3 Å². The number of nitrogens with zero attached hydrogens (tertiary/aromatic N) is 1. The van der Waals surface area contributed by atoms with Crippen LogP contribution in [0.4, 0.5) is 5.69 Å². The smallest absolute Gasteiger partial charge is 0.243 e. The van der Waals surface area contributed by atoms with Gasteiger partial charge >= 0.3 is 0 Å². The van der Waals surface area contributed by atoms with E-state index < -0.39 is 12.2 Å². The number of fused-ring (bicyclic) bond motifs is 1. The number of carbonyl (C=O) groups is 2. The lowest BCUT2D eigenvalue weighted by Crippen LogP contribution is -2.38. The number of aliphatic hydroxyl groups is 1. The molecule has 0 unspecified atom stereocenters. The Bertz CT molecular complexity index is 1610. The molecule has 4 N–H and O–H groups in total. The third kappa shape index (κ3) is 9.47. The van der Waals surface area contributed by atoms with Crippen molar-refractivity contribution in [3.8, 4) is 0 Å². The van der Waals surface area contributed by atoms with Gasteiger partial charge in [0.05, 0.1) is 18.8 Å². The monoisotopic (exact) mass is 639 g/mol. The van der Waals surface area contributed by atoms with Crippen LogP contribution in [0.15, 0.2) is 91.0 Å². The van der Waals surface area contributed by atoms with Crippen molar-refractivity contribution in [2.45, 2.75) is 76.6 Å². The molecule has 1 aliphatic heterocycles. The highest BCUT2D eigenvalue weighted by atomic mass is 16.7. The van der Waals surface area contributed by atoms with Crippen molar-refractivity contribution in [2.24, 2.45) is 0 Å². The van der Waals surface area contributed by atoms with Crippen molar-refractivity contribution in [3.63, 3.8) is 0 Å². The van der Waals surface area contributed by atoms with Gasteiger partial charge in [0.2, 0.25) is 11.8 Å². The van der Waals surface area contributed by atoms with Crippen molar-refractivity contribution in [1.82, 2.24) is 10.4 Å². The lowest BCUT2D eigenvalue weighted by Gasteiger charge is -2.39. The highest BCUT2D eigenvalue weighted by Crippen LogP contribution is 2.39. The summed E-state index contributed by atoms with van der Waals surface area (Å²) in [5.41, 5.74) is 6.30. The maximum atomic E-state index is 12.5. The minimum atomic E-state index is -0.596. The molecule has 9 nitrogen and oxygen atoms in total. The molecule has 1 heterocycles. The van der Waals surface area contributed by atoms with E-state index in [4.69, 9.17) is 14.7 Å². The first-order valence-electron chi connectivity index (χ1n) is 16.3. The molecule has 248 valence electrons. The number of nitrogens with one attached hydrogen (secondary N) is 2. The van der Waals surface area contributed by atoms with E-state index in [0.717, 1.165) is 23.1 Å². The van der Waals surface area contributed by atoms with Gasteiger partial charge in [-0.05, 0) is 72.5 Å². The molecule has 1 saturated heterocycles. The zero-order chi connectivity index (χ0) is 33.2. The van der Waals surface area contributed by atoms with Crippen LogP contribution in [0.2, 0.25) is 0 Å². The van der Waals surface area contributed by atoms with Crippen LogP contribution in [0.25, 0.3) is 10.8 Å². The zero-order valence-electron chi connectivity index (χ0n) is 27.1. The Balaban J connectivity index is 1.24. The fourth-order valence-electron chi connectivity index (χ4n) is 5.99. The summed E-state index contributed by atoms with van der Waals surface area (Å²) in [5.74, 6) is -0.509. The van der Waals surface area contributed by atoms with E-state index in [0.29, 0.717) is 37.9 Å². The maximum absolute atomic E-state index is 12.5. The third-order valence-corrected chi connectivity index (χ3v) is 8.92. The van der Waals surface area contributed by atoms with Crippen molar-refractivity contribution in [3.05, 3.63) is 113 Å². The molecule has 4 aromatic carbocycles. The van der Waals surface area contributed by atoms with Crippen LogP contribution in [0, 0.1) is 0 Å². The molecule has 0 radical (unpaired) electrons. The van der Waals surface area contributed by atoms with Gasteiger partial charge in [0.1, 0.15) is 0 Å². The number of hydrogen-bond acceptors (Lipinski definition) is 7. The number of likely N-dealkylation sites (N-methyl/N-ethyl adjacent to an activating group) is 1. The maximum Gasteiger partial charge on any atom is 0.243 e. The van der Waals surface area contributed by atoms with Crippen LogP contribution in [0.5, 0.6) is 0 Å². The summed E-state index contributed by atoms with van der Waals surface area (Å²) in [5, 5.41) is 23.5. The molecule has 4 aromatic rings. The van der Waals surface area contributed by atoms with Gasteiger partial charge in [-0.25, -0.2) is 5.48 Å². The molecular formula is C38H45N3O6. The Morgan fingerprint density at radius 3 is 2.23 bits per heavy atom. The number of rotatable bonds is 14. The molecule has 4 atom stereocenters. The number of benzene rings is 4. The highest BCUT2D eigenvalue weighted by molar-refractivity contribution is 5.90. The minimum absolute atomic E-state index is 0.0101. The van der Waals surface area contributed by atoms with Gasteiger partial charge in [0.15, 0.2) is 6.29 Å². The second kappa shape index (κ2) is 16.6. The molecule has 9 heteroatoms. The molecule has 2 amide bonds. The molecule has 0 saturated carbocycles. The van der Waals surface area contributed by atoms with E-state index in [1.807, 2.05) is 48.5 Å². The van der Waals surface area contributed by atoms with Gasteiger partial charge in [-0.1, -0.05) is 79.2 Å². The fourth-order valence-corrected chi connectivity index (χ4v) is 5.99. The largest absolute Gasteiger partial charge is 0.392 e. The van der Waals surface area contributed by atoms with Gasteiger partial charge in [-0.2, -0.15) is 0 Å². The molecule has 0 bridgehead atoms. The van der Waals surface area contributed by atoms with Crippen molar-refractivity contribution < 1.29 is 29.4 Å². The summed E-state index contributed by atoms with van der Waals surface area (Å²) in [7, 11) is 2.13. The Labute approximate surface area is 276 Å². The second-order valence-corrected chi connectivity index (χ2v) is 12.3. The minimum Gasteiger partial charge on any atom is -0.392 e. The van der Waals surface area contributed by atoms with Gasteiger partial charge in [0, 0.05) is 43.1 Å². The first-order chi connectivity index (χ1) is 22.8. The molecule has 0 aromatic heterocycles. The molecule has 5 rings (SSSR count). The van der Waals surface area contributed by atoms with Crippen molar-refractivity contribution >= 4 is 28.3 Å². The average molecular weight is 640 g/mol. The number of anilines is 1. The van der Waals surface area contributed by atoms with Crippen LogP contribution >= 0.6 is 0 Å². The summed E-state index contributed by atoms with van der Waals surface area (Å²) < 4.78 is 13.1. The number of carbonyl (C=O) groups excluding carboxylic acids is 2. The van der Waals surface area contributed by atoms with Gasteiger partial charge < -0.3 is 19.9 Å². The molecule has 0 spiro atoms. The Morgan fingerprint density at radius 1 is 0.851 bits per heavy atom. The number of ether oxygens (including phenoxy) is 2. The quantitative estimate of drug-likeness (QED) is 0.0669. The lowest BCUT2D eigenvalue weighted by molar-refractivity contribution is -0.253. The number of unbranched alkanes of at least 4 members (excludes halogenated alkanes) is 2. The third-order valence-electron chi connectivity index (χ3n) is 8.92. The number of amides is 2. The standard InChI is InChI=1S/C38H45N3O6/c1-26(31-17-16-28-8-6-7-9-32(28)22-31)41(2)24-34-23-35(29-14-12-27(25-42)13-15-29)47-38(46-34)30-18-20-33(21-19-30)39-36(43)10-4-3-5-11-37(44)40-45/h6-9,12-22,26,34-35,38,42,45H,3-5,10-11,23-25H2,1-2H3,(H,39,43)(H,40,44)/t26-,34-,35+,38+/m1/s1. The van der Waals surface area contributed by atoms with Gasteiger partial charge in [-0.3, -0.25) is 19.7 Å². The summed E-state index contributed by atoms with van der Waals surface area (Å²) >= 11 is 0. The average Bonchev–Trinajstić information content (AvgIpc) is 3.11. The molecule has 1 fully saturated rings. The topological polar surface area (TPSA) is 120 Å². The fraction of sp³-hybridized carbons (Fsp3) is 0.368. The lowest BCUT2D eigenvalue weighted by atomic mass is 9.98. The van der Waals surface area contributed by atoms with Crippen molar-refractivity contribution in [1.29, 1.82) is 0 Å². The van der Waals surface area contributed by atoms with E-state index in [1.54, 1.807) is 5.48 Å². The number of hydroxylamine groups is 1. The Kier molecular flexibility index (Phi) is 12.1. The SMILES string of the molecule is C[C@H](c1ccc2ccccc2c1)N(C)C[C@H]1C[C@@H](c2ccc(CO)cc2)O[C@@H](c2ccc(NC(=O)CCCCCC(=O)NO)cc2)O1. The van der Waals surface area contributed by atoms with E-state index in [2.05, 4.69) is 66.7 Å². The summed E-state index contributed by atoms with van der Waals surface area (Å²) in [6.07, 6.45) is 2.36. The Hall–Kier alpha value is -4.12. The summed E-state index contributed by atoms with van der Waals surface area (Å²) in [6.45, 7) is 2.91. The molecule has 1 aliphatic rings. The molecular weight excluding hydrogens is 594 g/mol. The van der Waals surface area contributed by atoms with Crippen LogP contribution in [-0.2, 0) is 25.7 Å². The van der Waals surface area contributed by atoms with Crippen LogP contribution < -0.4 is 10.8 Å². The summed E-state index contributed by atoms with van der Waals surface area (Å²) in [6, 6.07) is 30.6. The first-order valence-corrected chi connectivity index (χ1v) is 16.3. The second-order valence-electron chi connectivity index (χ2n) is 12.3. The Morgan fingerprint density at radius 2 is 1.53 bits per heavy atom. The van der Waals surface area contributed by atoms with Crippen molar-refractivity contribution in [2.75, 3.05) is 18.9 Å².